The molecule has 0 radical (unpaired) electrons. The molecule has 1 aromatic rings. The van der Waals surface area contributed by atoms with E-state index in [1.165, 1.54) is 14.2 Å². The molecule has 0 aliphatic heterocycles. The molecule has 0 unspecified atom stereocenters. The van der Waals surface area contributed by atoms with Crippen LogP contribution in [0.2, 0.25) is 0 Å². The summed E-state index contributed by atoms with van der Waals surface area (Å²) in [5.74, 6) is 5.50. The molecule has 0 atom stereocenters. The van der Waals surface area contributed by atoms with Gasteiger partial charge in [-0.25, -0.2) is 5.06 Å². The Labute approximate surface area is 94.7 Å². The third kappa shape index (κ3) is 3.30. The second-order valence-corrected chi connectivity index (χ2v) is 2.97. The quantitative estimate of drug-likeness (QED) is 0.551. The maximum absolute atomic E-state index is 11.3. The van der Waals surface area contributed by atoms with E-state index in [0.29, 0.717) is 5.75 Å². The van der Waals surface area contributed by atoms with Gasteiger partial charge in [-0.05, 0) is 18.2 Å². The molecule has 4 heteroatoms. The van der Waals surface area contributed by atoms with E-state index in [9.17, 15) is 4.79 Å². The summed E-state index contributed by atoms with van der Waals surface area (Å²) in [6, 6.07) is 7.18. The van der Waals surface area contributed by atoms with Crippen LogP contribution in [-0.4, -0.2) is 32.2 Å². The van der Waals surface area contributed by atoms with Crippen molar-refractivity contribution in [1.29, 1.82) is 0 Å². The van der Waals surface area contributed by atoms with Crippen LogP contribution in [0.1, 0.15) is 5.56 Å². The van der Waals surface area contributed by atoms with Crippen molar-refractivity contribution >= 4 is 5.91 Å². The van der Waals surface area contributed by atoms with Crippen molar-refractivity contribution in [3.05, 3.63) is 29.8 Å². The lowest BCUT2D eigenvalue weighted by Gasteiger charge is -2.08. The van der Waals surface area contributed by atoms with E-state index in [-0.39, 0.29) is 0 Å². The van der Waals surface area contributed by atoms with Crippen molar-refractivity contribution in [2.24, 2.45) is 0 Å². The summed E-state index contributed by atoms with van der Waals surface area (Å²) in [5, 5.41) is 1.06. The van der Waals surface area contributed by atoms with Gasteiger partial charge in [0.1, 0.15) is 5.75 Å². The molecule has 0 saturated carbocycles. The second kappa shape index (κ2) is 5.79. The van der Waals surface area contributed by atoms with Crippen molar-refractivity contribution < 1.29 is 14.4 Å². The fourth-order valence-electron chi connectivity index (χ4n) is 0.988. The minimum atomic E-state index is -0.398. The Balaban J connectivity index is 2.80. The van der Waals surface area contributed by atoms with Crippen LogP contribution < -0.4 is 4.74 Å². The first-order valence-electron chi connectivity index (χ1n) is 4.65. The Morgan fingerprint density at radius 1 is 1.38 bits per heavy atom. The average Bonchev–Trinajstić information content (AvgIpc) is 2.35. The summed E-state index contributed by atoms with van der Waals surface area (Å²) in [7, 11) is 4.49. The van der Waals surface area contributed by atoms with Crippen LogP contribution in [0, 0.1) is 11.8 Å². The Bertz CT molecular complexity index is 431. The number of hydroxylamine groups is 2. The predicted molar refractivity (Wildman–Crippen MR) is 59.7 cm³/mol. The summed E-state index contributed by atoms with van der Waals surface area (Å²) in [6.45, 7) is 0. The highest BCUT2D eigenvalue weighted by Crippen LogP contribution is 2.11. The molecule has 1 aromatic carbocycles. The van der Waals surface area contributed by atoms with Crippen LogP contribution in [-0.2, 0) is 9.63 Å². The number of nitrogens with zero attached hydrogens (tertiary/aromatic N) is 1. The highest BCUT2D eigenvalue weighted by Gasteiger charge is 2.01. The number of hydrogen-bond donors (Lipinski definition) is 0. The molecule has 0 aromatic heterocycles. The molecule has 16 heavy (non-hydrogen) atoms. The van der Waals surface area contributed by atoms with Gasteiger partial charge in [-0.3, -0.25) is 9.63 Å². The Morgan fingerprint density at radius 2 is 2.12 bits per heavy atom. The van der Waals surface area contributed by atoms with Gasteiger partial charge in [0.15, 0.2) is 0 Å². The summed E-state index contributed by atoms with van der Waals surface area (Å²) in [6.07, 6.45) is 0. The predicted octanol–water partition coefficient (Wildman–Crippen LogP) is 1.07. The zero-order chi connectivity index (χ0) is 12.0. The molecule has 0 aliphatic rings. The molecule has 0 saturated heterocycles. The second-order valence-electron chi connectivity index (χ2n) is 2.97. The van der Waals surface area contributed by atoms with Crippen LogP contribution in [0.15, 0.2) is 24.3 Å². The maximum atomic E-state index is 11.3. The summed E-state index contributed by atoms with van der Waals surface area (Å²) >= 11 is 0. The zero-order valence-corrected chi connectivity index (χ0v) is 9.48. The number of rotatable bonds is 2. The molecular weight excluding hydrogens is 206 g/mol. The van der Waals surface area contributed by atoms with Gasteiger partial charge in [-0.15, -0.1) is 0 Å². The monoisotopic (exact) mass is 219 g/mol. The Kier molecular flexibility index (Phi) is 4.37. The SMILES string of the molecule is COc1cccc(C#CC(=O)N(C)OC)c1. The highest BCUT2D eigenvalue weighted by molar-refractivity contribution is 5.93. The fourth-order valence-corrected chi connectivity index (χ4v) is 0.988. The maximum Gasteiger partial charge on any atom is 0.322 e. The third-order valence-electron chi connectivity index (χ3n) is 1.94. The van der Waals surface area contributed by atoms with E-state index in [0.717, 1.165) is 10.6 Å². The van der Waals surface area contributed by atoms with Gasteiger partial charge in [0.2, 0.25) is 0 Å². The van der Waals surface area contributed by atoms with E-state index >= 15 is 0 Å². The van der Waals surface area contributed by atoms with E-state index in [1.54, 1.807) is 19.2 Å². The van der Waals surface area contributed by atoms with E-state index < -0.39 is 5.91 Å². The first kappa shape index (κ1) is 12.1. The molecule has 0 aliphatic carbocycles. The van der Waals surface area contributed by atoms with Gasteiger partial charge in [0.05, 0.1) is 14.2 Å². The zero-order valence-electron chi connectivity index (χ0n) is 9.48. The molecule has 0 heterocycles. The molecule has 1 rings (SSSR count). The molecule has 84 valence electrons. The summed E-state index contributed by atoms with van der Waals surface area (Å²) in [4.78, 5) is 16.0. The third-order valence-corrected chi connectivity index (χ3v) is 1.94. The van der Waals surface area contributed by atoms with Gasteiger partial charge >= 0.3 is 5.91 Å². The highest BCUT2D eigenvalue weighted by atomic mass is 16.7. The molecular formula is C12H13NO3. The van der Waals surface area contributed by atoms with Crippen LogP contribution in [0.3, 0.4) is 0 Å². The van der Waals surface area contributed by atoms with Crippen molar-refractivity contribution in [1.82, 2.24) is 5.06 Å². The normalized spacial score (nSPS) is 8.94. The lowest BCUT2D eigenvalue weighted by Crippen LogP contribution is -2.23. The number of carbonyl (C=O) groups excluding carboxylic acids is 1. The van der Waals surface area contributed by atoms with Crippen LogP contribution in [0.25, 0.3) is 0 Å². The largest absolute Gasteiger partial charge is 0.497 e. The van der Waals surface area contributed by atoms with Gasteiger partial charge in [-0.1, -0.05) is 12.0 Å². The molecule has 0 spiro atoms. The fraction of sp³-hybridized carbons (Fsp3) is 0.250. The van der Waals surface area contributed by atoms with E-state index in [2.05, 4.69) is 11.8 Å². The van der Waals surface area contributed by atoms with Gasteiger partial charge in [-0.2, -0.15) is 0 Å². The standard InChI is InChI=1S/C12H13NO3/c1-13(16-3)12(14)8-7-10-5-4-6-11(9-10)15-2/h4-6,9H,1-3H3. The smallest absolute Gasteiger partial charge is 0.322 e. The van der Waals surface area contributed by atoms with Crippen molar-refractivity contribution in [3.8, 4) is 17.6 Å². The van der Waals surface area contributed by atoms with Gasteiger partial charge in [0.25, 0.3) is 0 Å². The van der Waals surface area contributed by atoms with Crippen LogP contribution in [0.5, 0.6) is 5.75 Å². The van der Waals surface area contributed by atoms with E-state index in [1.807, 2.05) is 12.1 Å². The number of benzene rings is 1. The van der Waals surface area contributed by atoms with Crippen molar-refractivity contribution in [3.63, 3.8) is 0 Å². The number of amides is 1. The number of ether oxygens (including phenoxy) is 1. The van der Waals surface area contributed by atoms with Gasteiger partial charge in [0, 0.05) is 18.5 Å². The summed E-state index contributed by atoms with van der Waals surface area (Å²) < 4.78 is 5.04. The summed E-state index contributed by atoms with van der Waals surface area (Å²) in [5.41, 5.74) is 0.720. The number of carbonyl (C=O) groups is 1. The number of hydrogen-bond acceptors (Lipinski definition) is 3. The molecule has 0 bridgehead atoms. The first-order chi connectivity index (χ1) is 7.67. The molecule has 0 fully saturated rings. The average molecular weight is 219 g/mol. The van der Waals surface area contributed by atoms with E-state index in [4.69, 9.17) is 9.57 Å². The Morgan fingerprint density at radius 3 is 2.75 bits per heavy atom. The molecule has 4 nitrogen and oxygen atoms in total. The molecule has 0 N–H and O–H groups in total. The van der Waals surface area contributed by atoms with Crippen LogP contribution in [0.4, 0.5) is 0 Å². The minimum Gasteiger partial charge on any atom is -0.497 e. The van der Waals surface area contributed by atoms with Crippen molar-refractivity contribution in [2.75, 3.05) is 21.3 Å². The van der Waals surface area contributed by atoms with Crippen molar-refractivity contribution in [2.45, 2.75) is 0 Å². The van der Waals surface area contributed by atoms with Crippen LogP contribution >= 0.6 is 0 Å². The topological polar surface area (TPSA) is 38.8 Å². The lowest BCUT2D eigenvalue weighted by atomic mass is 10.2. The Hall–Kier alpha value is -1.99. The first-order valence-corrected chi connectivity index (χ1v) is 4.65. The van der Waals surface area contributed by atoms with Gasteiger partial charge < -0.3 is 4.74 Å². The molecule has 1 amide bonds. The number of methoxy groups -OCH3 is 1. The minimum absolute atomic E-state index is 0.398. The lowest BCUT2D eigenvalue weighted by molar-refractivity contribution is -0.161.